The number of nitrogens with zero attached hydrogens (tertiary/aromatic N) is 1. The number of carbonyl (C=O) groups is 1. The van der Waals surface area contributed by atoms with Crippen molar-refractivity contribution in [1.82, 2.24) is 4.31 Å². The van der Waals surface area contributed by atoms with Crippen LogP contribution >= 0.6 is 0 Å². The summed E-state index contributed by atoms with van der Waals surface area (Å²) in [6, 6.07) is 16.2. The molecular formula is C17H20N2O4S. The van der Waals surface area contributed by atoms with Crippen molar-refractivity contribution in [2.45, 2.75) is 24.4 Å². The van der Waals surface area contributed by atoms with Crippen LogP contribution in [0.2, 0.25) is 0 Å². The molecular weight excluding hydrogens is 328 g/mol. The third-order valence-corrected chi connectivity index (χ3v) is 5.07. The molecule has 0 fully saturated rings. The van der Waals surface area contributed by atoms with Gasteiger partial charge in [-0.3, -0.25) is 0 Å². The van der Waals surface area contributed by atoms with E-state index in [0.717, 1.165) is 0 Å². The zero-order valence-corrected chi connectivity index (χ0v) is 14.1. The number of hydrogen-bond acceptors (Lipinski definition) is 5. The molecule has 0 spiro atoms. The Labute approximate surface area is 141 Å². The predicted molar refractivity (Wildman–Crippen MR) is 90.5 cm³/mol. The van der Waals surface area contributed by atoms with Crippen molar-refractivity contribution in [3.8, 4) is 0 Å². The van der Waals surface area contributed by atoms with Crippen molar-refractivity contribution in [3.63, 3.8) is 0 Å². The summed E-state index contributed by atoms with van der Waals surface area (Å²) in [7, 11) is -4.14. The van der Waals surface area contributed by atoms with Gasteiger partial charge in [-0.1, -0.05) is 55.5 Å². The second-order valence-corrected chi connectivity index (χ2v) is 6.90. The molecule has 1 amide bonds. The van der Waals surface area contributed by atoms with Crippen molar-refractivity contribution in [2.75, 3.05) is 6.61 Å². The number of carbonyl (C=O) groups excluding carboxylic acids is 1. The van der Waals surface area contributed by atoms with Crippen LogP contribution in [0.3, 0.4) is 0 Å². The van der Waals surface area contributed by atoms with Crippen LogP contribution in [-0.2, 0) is 14.8 Å². The number of nitrogens with two attached hydrogens (primary N) is 1. The van der Waals surface area contributed by atoms with E-state index in [9.17, 15) is 13.2 Å². The Hall–Kier alpha value is -2.38. The molecule has 0 heterocycles. The lowest BCUT2D eigenvalue weighted by molar-refractivity contribution is 0.116. The SMILES string of the molecule is CCCOC(=O)N([C@H](N)c1ccccc1)S(=O)(=O)c1ccccc1. The van der Waals surface area contributed by atoms with Crippen LogP contribution in [0.15, 0.2) is 65.6 Å². The van der Waals surface area contributed by atoms with Crippen LogP contribution in [-0.4, -0.2) is 25.4 Å². The van der Waals surface area contributed by atoms with E-state index in [1.54, 1.807) is 48.5 Å². The minimum absolute atomic E-state index is 0.0233. The summed E-state index contributed by atoms with van der Waals surface area (Å²) in [5.41, 5.74) is 6.57. The molecule has 24 heavy (non-hydrogen) atoms. The van der Waals surface area contributed by atoms with Crippen LogP contribution in [0.4, 0.5) is 4.79 Å². The van der Waals surface area contributed by atoms with Crippen LogP contribution in [0.1, 0.15) is 25.1 Å². The van der Waals surface area contributed by atoms with Crippen molar-refractivity contribution in [1.29, 1.82) is 0 Å². The minimum Gasteiger partial charge on any atom is -0.449 e. The van der Waals surface area contributed by atoms with E-state index in [0.29, 0.717) is 16.3 Å². The van der Waals surface area contributed by atoms with E-state index in [4.69, 9.17) is 10.5 Å². The molecule has 0 aromatic heterocycles. The maximum absolute atomic E-state index is 12.9. The first-order chi connectivity index (χ1) is 11.5. The molecule has 2 rings (SSSR count). The van der Waals surface area contributed by atoms with Crippen molar-refractivity contribution < 1.29 is 17.9 Å². The lowest BCUT2D eigenvalue weighted by atomic mass is 10.2. The van der Waals surface area contributed by atoms with Gasteiger partial charge in [-0.15, -0.1) is 0 Å². The van der Waals surface area contributed by atoms with E-state index < -0.39 is 22.3 Å². The van der Waals surface area contributed by atoms with Gasteiger partial charge in [-0.2, -0.15) is 4.31 Å². The number of benzene rings is 2. The van der Waals surface area contributed by atoms with Gasteiger partial charge < -0.3 is 10.5 Å². The van der Waals surface area contributed by atoms with E-state index in [1.165, 1.54) is 12.1 Å². The molecule has 0 aliphatic rings. The van der Waals surface area contributed by atoms with Crippen LogP contribution in [0.25, 0.3) is 0 Å². The summed E-state index contributed by atoms with van der Waals surface area (Å²) in [5.74, 6) is 0. The molecule has 0 saturated heterocycles. The van der Waals surface area contributed by atoms with Gasteiger partial charge in [0, 0.05) is 0 Å². The summed E-state index contributed by atoms with van der Waals surface area (Å²) >= 11 is 0. The Morgan fingerprint density at radius 1 is 1.08 bits per heavy atom. The first-order valence-electron chi connectivity index (χ1n) is 7.55. The number of amides is 1. The van der Waals surface area contributed by atoms with Gasteiger partial charge in [0.15, 0.2) is 0 Å². The van der Waals surface area contributed by atoms with Crippen LogP contribution in [0.5, 0.6) is 0 Å². The summed E-state index contributed by atoms with van der Waals surface area (Å²) < 4.78 is 31.4. The van der Waals surface area contributed by atoms with E-state index >= 15 is 0 Å². The highest BCUT2D eigenvalue weighted by molar-refractivity contribution is 7.89. The van der Waals surface area contributed by atoms with Gasteiger partial charge in [-0.05, 0) is 24.1 Å². The fourth-order valence-electron chi connectivity index (χ4n) is 2.11. The lowest BCUT2D eigenvalue weighted by Crippen LogP contribution is -2.44. The summed E-state index contributed by atoms with van der Waals surface area (Å²) in [6.45, 7) is 1.93. The van der Waals surface area contributed by atoms with Gasteiger partial charge >= 0.3 is 6.09 Å². The molecule has 1 atom stereocenters. The highest BCUT2D eigenvalue weighted by Crippen LogP contribution is 2.25. The van der Waals surface area contributed by atoms with Gasteiger partial charge in [-0.25, -0.2) is 13.2 Å². The minimum atomic E-state index is -4.14. The largest absolute Gasteiger partial charge is 0.449 e. The maximum Gasteiger partial charge on any atom is 0.425 e. The number of hydrogen-bond donors (Lipinski definition) is 1. The third kappa shape index (κ3) is 3.93. The monoisotopic (exact) mass is 348 g/mol. The van der Waals surface area contributed by atoms with E-state index in [2.05, 4.69) is 0 Å². The molecule has 2 aromatic rings. The molecule has 0 aliphatic heterocycles. The number of sulfonamides is 1. The van der Waals surface area contributed by atoms with Crippen LogP contribution < -0.4 is 5.73 Å². The van der Waals surface area contributed by atoms with Gasteiger partial charge in [0.05, 0.1) is 11.5 Å². The topological polar surface area (TPSA) is 89.7 Å². The van der Waals surface area contributed by atoms with Gasteiger partial charge in [0.2, 0.25) is 0 Å². The molecule has 6 nitrogen and oxygen atoms in total. The van der Waals surface area contributed by atoms with Gasteiger partial charge in [0.25, 0.3) is 10.0 Å². The fraction of sp³-hybridized carbons (Fsp3) is 0.235. The highest BCUT2D eigenvalue weighted by Gasteiger charge is 2.36. The fourth-order valence-corrected chi connectivity index (χ4v) is 3.50. The lowest BCUT2D eigenvalue weighted by Gasteiger charge is -2.27. The molecule has 0 radical (unpaired) electrons. The summed E-state index contributed by atoms with van der Waals surface area (Å²) in [6.07, 6.45) is -1.59. The molecule has 0 aliphatic carbocycles. The Morgan fingerprint density at radius 3 is 2.17 bits per heavy atom. The molecule has 0 saturated carbocycles. The Kier molecular flexibility index (Phi) is 5.94. The molecule has 128 valence electrons. The standard InChI is InChI=1S/C17H20N2O4S/c1-2-13-23-17(20)19(16(18)14-9-5-3-6-10-14)24(21,22)15-11-7-4-8-12-15/h3-12,16H,2,13,18H2,1H3/t16-/m0/s1. The average Bonchev–Trinajstić information content (AvgIpc) is 2.61. The summed E-state index contributed by atoms with van der Waals surface area (Å²) in [5, 5.41) is 0. The van der Waals surface area contributed by atoms with Crippen LogP contribution in [0, 0.1) is 0 Å². The first-order valence-corrected chi connectivity index (χ1v) is 8.99. The first kappa shape index (κ1) is 18.0. The zero-order chi connectivity index (χ0) is 17.6. The Bertz CT molecular complexity index is 764. The maximum atomic E-state index is 12.9. The van der Waals surface area contributed by atoms with Crippen molar-refractivity contribution in [2.24, 2.45) is 5.73 Å². The highest BCUT2D eigenvalue weighted by atomic mass is 32.2. The average molecular weight is 348 g/mol. The van der Waals surface area contributed by atoms with E-state index in [1.807, 2.05) is 6.92 Å². The zero-order valence-electron chi connectivity index (χ0n) is 13.3. The van der Waals surface area contributed by atoms with Crippen molar-refractivity contribution >= 4 is 16.1 Å². The molecule has 7 heteroatoms. The summed E-state index contributed by atoms with van der Waals surface area (Å²) in [4.78, 5) is 12.4. The van der Waals surface area contributed by atoms with E-state index in [-0.39, 0.29) is 11.5 Å². The molecule has 0 unspecified atom stereocenters. The smallest absolute Gasteiger partial charge is 0.425 e. The Balaban J connectivity index is 2.45. The predicted octanol–water partition coefficient (Wildman–Crippen LogP) is 2.88. The number of rotatable bonds is 6. The van der Waals surface area contributed by atoms with Crippen molar-refractivity contribution in [3.05, 3.63) is 66.2 Å². The second kappa shape index (κ2) is 7.94. The molecule has 2 N–H and O–H groups in total. The normalized spacial score (nSPS) is 12.4. The third-order valence-electron chi connectivity index (χ3n) is 3.30. The van der Waals surface area contributed by atoms with Gasteiger partial charge in [0.1, 0.15) is 6.17 Å². The second-order valence-electron chi connectivity index (χ2n) is 5.08. The quantitative estimate of drug-likeness (QED) is 0.811. The Morgan fingerprint density at radius 2 is 1.62 bits per heavy atom. The molecule has 0 bridgehead atoms. The molecule has 2 aromatic carbocycles. The number of ether oxygens (including phenoxy) is 1.